The highest BCUT2D eigenvalue weighted by atomic mass is 16.6. The van der Waals surface area contributed by atoms with E-state index in [9.17, 15) is 4.79 Å². The molecule has 0 radical (unpaired) electrons. The van der Waals surface area contributed by atoms with E-state index < -0.39 is 5.60 Å². The molecule has 0 aromatic carbocycles. The third-order valence-electron chi connectivity index (χ3n) is 3.22. The van der Waals surface area contributed by atoms with Crippen molar-refractivity contribution < 1.29 is 14.6 Å². The first-order chi connectivity index (χ1) is 8.10. The van der Waals surface area contributed by atoms with Crippen LogP contribution in [0.1, 0.15) is 53.4 Å². The smallest absolute Gasteiger partial charge is 0.407 e. The van der Waals surface area contributed by atoms with Gasteiger partial charge in [0.1, 0.15) is 5.60 Å². The molecule has 1 saturated carbocycles. The molecule has 0 unspecified atom stereocenters. The normalized spacial score (nSPS) is 27.2. The Morgan fingerprint density at radius 3 is 2.50 bits per heavy atom. The van der Waals surface area contributed by atoms with Crippen molar-refractivity contribution in [3.63, 3.8) is 0 Å². The first-order valence-corrected chi connectivity index (χ1v) is 6.46. The fraction of sp³-hybridized carbons (Fsp3) is 0.786. The minimum atomic E-state index is -0.453. The highest BCUT2D eigenvalue weighted by Gasteiger charge is 2.40. The van der Waals surface area contributed by atoms with Crippen LogP contribution in [0.2, 0.25) is 0 Å². The van der Waals surface area contributed by atoms with Crippen molar-refractivity contribution in [1.82, 2.24) is 5.32 Å². The SMILES string of the molecule is C=C(O)CCC1(C)CC(NC(=O)OC(C)(C)C)C1. The van der Waals surface area contributed by atoms with E-state index in [-0.39, 0.29) is 23.3 Å². The molecular formula is C14H25NO3. The number of hydrogen-bond acceptors (Lipinski definition) is 3. The standard InChI is InChI=1S/C14H25NO3/c1-10(16)6-7-14(5)8-11(9-14)15-12(17)18-13(2,3)4/h11,16H,1,6-9H2,2-5H3,(H,15,17). The van der Waals surface area contributed by atoms with Gasteiger partial charge in [-0.1, -0.05) is 13.5 Å². The molecule has 1 aliphatic carbocycles. The van der Waals surface area contributed by atoms with Crippen molar-refractivity contribution in [2.45, 2.75) is 65.0 Å². The lowest BCUT2D eigenvalue weighted by atomic mass is 9.64. The summed E-state index contributed by atoms with van der Waals surface area (Å²) in [4.78, 5) is 11.6. The molecule has 1 rings (SSSR count). The Hall–Kier alpha value is -1.19. The van der Waals surface area contributed by atoms with Crippen LogP contribution in [0.3, 0.4) is 0 Å². The number of carbonyl (C=O) groups excluding carboxylic acids is 1. The van der Waals surface area contributed by atoms with Gasteiger partial charge in [-0.25, -0.2) is 4.79 Å². The number of ether oxygens (including phenoxy) is 1. The Bertz CT molecular complexity index is 324. The first-order valence-electron chi connectivity index (χ1n) is 6.46. The Morgan fingerprint density at radius 1 is 1.50 bits per heavy atom. The second-order valence-electron chi connectivity index (χ2n) is 6.63. The highest BCUT2D eigenvalue weighted by Crippen LogP contribution is 2.44. The molecule has 0 bridgehead atoms. The van der Waals surface area contributed by atoms with Crippen LogP contribution in [0.5, 0.6) is 0 Å². The quantitative estimate of drug-likeness (QED) is 0.755. The summed E-state index contributed by atoms with van der Waals surface area (Å²) < 4.78 is 5.21. The molecule has 0 saturated heterocycles. The van der Waals surface area contributed by atoms with Gasteiger partial charge in [0.2, 0.25) is 0 Å². The van der Waals surface area contributed by atoms with Crippen LogP contribution in [0.15, 0.2) is 12.3 Å². The van der Waals surface area contributed by atoms with E-state index in [2.05, 4.69) is 18.8 Å². The molecular weight excluding hydrogens is 230 g/mol. The maximum atomic E-state index is 11.6. The van der Waals surface area contributed by atoms with Crippen molar-refractivity contribution in [1.29, 1.82) is 0 Å². The lowest BCUT2D eigenvalue weighted by molar-refractivity contribution is 0.0339. The molecule has 1 aliphatic rings. The van der Waals surface area contributed by atoms with Crippen LogP contribution in [0, 0.1) is 5.41 Å². The minimum absolute atomic E-state index is 0.191. The van der Waals surface area contributed by atoms with Crippen LogP contribution in [-0.2, 0) is 4.74 Å². The Kier molecular flexibility index (Phi) is 4.30. The van der Waals surface area contributed by atoms with Gasteiger partial charge < -0.3 is 15.2 Å². The van der Waals surface area contributed by atoms with Gasteiger partial charge in [0.15, 0.2) is 0 Å². The summed E-state index contributed by atoms with van der Waals surface area (Å²) in [6.07, 6.45) is 3.06. The second kappa shape index (κ2) is 5.21. The van der Waals surface area contributed by atoms with Crippen molar-refractivity contribution >= 4 is 6.09 Å². The lowest BCUT2D eigenvalue weighted by Crippen LogP contribution is -2.50. The number of alkyl carbamates (subject to hydrolysis) is 1. The van der Waals surface area contributed by atoms with E-state index in [1.807, 2.05) is 20.8 Å². The first kappa shape index (κ1) is 14.9. The Labute approximate surface area is 109 Å². The van der Waals surface area contributed by atoms with Gasteiger partial charge in [0.05, 0.1) is 5.76 Å². The van der Waals surface area contributed by atoms with Crippen LogP contribution in [0.4, 0.5) is 4.79 Å². The largest absolute Gasteiger partial charge is 0.513 e. The Balaban J connectivity index is 2.26. The number of nitrogens with one attached hydrogen (secondary N) is 1. The number of hydrogen-bond donors (Lipinski definition) is 2. The summed E-state index contributed by atoms with van der Waals surface area (Å²) in [6, 6.07) is 0.191. The van der Waals surface area contributed by atoms with Gasteiger partial charge in [-0.3, -0.25) is 0 Å². The minimum Gasteiger partial charge on any atom is -0.513 e. The zero-order valence-corrected chi connectivity index (χ0v) is 11.9. The molecule has 1 amide bonds. The van der Waals surface area contributed by atoms with Gasteiger partial charge in [-0.15, -0.1) is 0 Å². The molecule has 1 fully saturated rings. The zero-order chi connectivity index (χ0) is 14.0. The van der Waals surface area contributed by atoms with Gasteiger partial charge in [0, 0.05) is 12.5 Å². The van der Waals surface area contributed by atoms with E-state index in [0.717, 1.165) is 19.3 Å². The van der Waals surface area contributed by atoms with Crippen LogP contribution >= 0.6 is 0 Å². The monoisotopic (exact) mass is 255 g/mol. The van der Waals surface area contributed by atoms with Crippen LogP contribution in [0.25, 0.3) is 0 Å². The van der Waals surface area contributed by atoms with E-state index >= 15 is 0 Å². The predicted octanol–water partition coefficient (Wildman–Crippen LogP) is 3.53. The maximum Gasteiger partial charge on any atom is 0.407 e. The fourth-order valence-corrected chi connectivity index (χ4v) is 2.36. The molecule has 0 atom stereocenters. The molecule has 0 aromatic rings. The van der Waals surface area contributed by atoms with Crippen molar-refractivity contribution in [2.75, 3.05) is 0 Å². The van der Waals surface area contributed by atoms with Gasteiger partial charge >= 0.3 is 6.09 Å². The molecule has 104 valence electrons. The average molecular weight is 255 g/mol. The van der Waals surface area contributed by atoms with E-state index in [4.69, 9.17) is 9.84 Å². The van der Waals surface area contributed by atoms with Gasteiger partial charge in [-0.2, -0.15) is 0 Å². The molecule has 0 aliphatic heterocycles. The van der Waals surface area contributed by atoms with E-state index in [0.29, 0.717) is 6.42 Å². The number of aliphatic hydroxyl groups is 1. The number of carbonyl (C=O) groups is 1. The van der Waals surface area contributed by atoms with Crippen molar-refractivity contribution in [2.24, 2.45) is 5.41 Å². The number of allylic oxidation sites excluding steroid dienone is 1. The van der Waals surface area contributed by atoms with Crippen molar-refractivity contribution in [3.8, 4) is 0 Å². The summed E-state index contributed by atoms with van der Waals surface area (Å²) in [5.74, 6) is 0.236. The molecule has 4 heteroatoms. The van der Waals surface area contributed by atoms with Gasteiger partial charge in [-0.05, 0) is 45.4 Å². The van der Waals surface area contributed by atoms with E-state index in [1.165, 1.54) is 0 Å². The molecule has 0 spiro atoms. The second-order valence-corrected chi connectivity index (χ2v) is 6.63. The molecule has 2 N–H and O–H groups in total. The topological polar surface area (TPSA) is 58.6 Å². The summed E-state index contributed by atoms with van der Waals surface area (Å²) in [5.41, 5.74) is -0.253. The number of aliphatic hydroxyl groups excluding tert-OH is 1. The molecule has 0 aromatic heterocycles. The number of amides is 1. The lowest BCUT2D eigenvalue weighted by Gasteiger charge is -2.45. The van der Waals surface area contributed by atoms with Gasteiger partial charge in [0.25, 0.3) is 0 Å². The summed E-state index contributed by atoms with van der Waals surface area (Å²) in [7, 11) is 0. The Morgan fingerprint density at radius 2 is 2.06 bits per heavy atom. The molecule has 4 nitrogen and oxygen atoms in total. The van der Waals surface area contributed by atoms with E-state index in [1.54, 1.807) is 0 Å². The van der Waals surface area contributed by atoms with Crippen LogP contribution in [-0.4, -0.2) is 22.8 Å². The van der Waals surface area contributed by atoms with Crippen molar-refractivity contribution in [3.05, 3.63) is 12.3 Å². The number of rotatable bonds is 4. The predicted molar refractivity (Wildman–Crippen MR) is 71.5 cm³/mol. The summed E-state index contributed by atoms with van der Waals surface area (Å²) in [5, 5.41) is 12.0. The van der Waals surface area contributed by atoms with Crippen LogP contribution < -0.4 is 5.32 Å². The molecule has 18 heavy (non-hydrogen) atoms. The third kappa shape index (κ3) is 4.98. The summed E-state index contributed by atoms with van der Waals surface area (Å²) in [6.45, 7) is 11.2. The third-order valence-corrected chi connectivity index (χ3v) is 3.22. The zero-order valence-electron chi connectivity index (χ0n) is 11.9. The highest BCUT2D eigenvalue weighted by molar-refractivity contribution is 5.68. The fourth-order valence-electron chi connectivity index (χ4n) is 2.36. The maximum absolute atomic E-state index is 11.6. The average Bonchev–Trinajstić information content (AvgIpc) is 2.09. The molecule has 0 heterocycles. The summed E-state index contributed by atoms with van der Waals surface area (Å²) >= 11 is 0.